The lowest BCUT2D eigenvalue weighted by molar-refractivity contribution is -0.139. The van der Waals surface area contributed by atoms with E-state index >= 15 is 0 Å². The van der Waals surface area contributed by atoms with Crippen LogP contribution in [0.4, 0.5) is 11.4 Å². The molecule has 0 aliphatic rings. The quantitative estimate of drug-likeness (QED) is 0.118. The highest BCUT2D eigenvalue weighted by Gasteiger charge is 2.24. The summed E-state index contributed by atoms with van der Waals surface area (Å²) < 4.78 is 5.54. The van der Waals surface area contributed by atoms with Gasteiger partial charge in [-0.2, -0.15) is 0 Å². The standard InChI is InChI=1S/C24H29N7O6/c1-27-10-3-11-37-18-8-6-16(7-9-18)29-23(36)19(13-21(33)34)31-20(32)14-28-22(35)15-4-2-5-17(12-15)30-24(25)26/h2,4-9,12,19H,1,3,10-11,13-14H2,(H,28,35)(H,29,36)(H,31,32)(H,33,34)(H4,25,26,30). The molecule has 0 heterocycles. The molecule has 0 bridgehead atoms. The van der Waals surface area contributed by atoms with Gasteiger partial charge in [0, 0.05) is 24.2 Å². The van der Waals surface area contributed by atoms with Crippen LogP contribution in [-0.2, 0) is 14.4 Å². The highest BCUT2D eigenvalue weighted by atomic mass is 16.5. The molecule has 2 aromatic rings. The Hall–Kier alpha value is -4.94. The van der Waals surface area contributed by atoms with E-state index in [-0.39, 0.29) is 11.5 Å². The van der Waals surface area contributed by atoms with Crippen molar-refractivity contribution in [3.63, 3.8) is 0 Å². The average Bonchev–Trinajstić information content (AvgIpc) is 2.85. The number of carboxylic acids is 1. The summed E-state index contributed by atoms with van der Waals surface area (Å²) in [7, 11) is 0. The maximum absolute atomic E-state index is 12.6. The lowest BCUT2D eigenvalue weighted by Crippen LogP contribution is -2.48. The SMILES string of the molecule is C=NCCCOc1ccc(NC(=O)C(CC(=O)O)NC(=O)CNC(=O)c2cccc(N=C(N)N)c2)cc1. The van der Waals surface area contributed by atoms with Gasteiger partial charge in [0.15, 0.2) is 5.96 Å². The second-order valence-corrected chi connectivity index (χ2v) is 7.65. The number of nitrogens with one attached hydrogen (secondary N) is 3. The van der Waals surface area contributed by atoms with Crippen molar-refractivity contribution in [2.24, 2.45) is 21.5 Å². The molecule has 2 rings (SSSR count). The Balaban J connectivity index is 1.92. The van der Waals surface area contributed by atoms with E-state index in [1.807, 2.05) is 0 Å². The molecule has 0 aliphatic carbocycles. The molecule has 37 heavy (non-hydrogen) atoms. The number of rotatable bonds is 14. The summed E-state index contributed by atoms with van der Waals surface area (Å²) in [6.45, 7) is 3.94. The molecule has 2 aromatic carbocycles. The van der Waals surface area contributed by atoms with E-state index in [2.05, 4.69) is 32.7 Å². The van der Waals surface area contributed by atoms with Crippen LogP contribution in [0.5, 0.6) is 5.75 Å². The van der Waals surface area contributed by atoms with Gasteiger partial charge in [-0.25, -0.2) is 4.99 Å². The van der Waals surface area contributed by atoms with Crippen molar-refractivity contribution in [1.29, 1.82) is 0 Å². The molecule has 0 spiro atoms. The number of carbonyl (C=O) groups is 4. The van der Waals surface area contributed by atoms with E-state index in [0.717, 1.165) is 0 Å². The first-order valence-corrected chi connectivity index (χ1v) is 11.1. The van der Waals surface area contributed by atoms with Crippen LogP contribution < -0.4 is 32.2 Å². The summed E-state index contributed by atoms with van der Waals surface area (Å²) in [5.41, 5.74) is 11.6. The molecular formula is C24H29N7O6. The van der Waals surface area contributed by atoms with Gasteiger partial charge in [-0.1, -0.05) is 6.07 Å². The molecule has 0 fully saturated rings. The third-order valence-corrected chi connectivity index (χ3v) is 4.66. The monoisotopic (exact) mass is 511 g/mol. The lowest BCUT2D eigenvalue weighted by Gasteiger charge is -2.17. The van der Waals surface area contributed by atoms with Gasteiger partial charge in [-0.3, -0.25) is 19.2 Å². The Labute approximate surface area is 213 Å². The summed E-state index contributed by atoms with van der Waals surface area (Å²) in [5.74, 6) is -2.98. The van der Waals surface area contributed by atoms with Crippen molar-refractivity contribution in [1.82, 2.24) is 10.6 Å². The van der Waals surface area contributed by atoms with Crippen molar-refractivity contribution >= 4 is 47.7 Å². The lowest BCUT2D eigenvalue weighted by atomic mass is 10.1. The highest BCUT2D eigenvalue weighted by molar-refractivity contribution is 6.00. The number of aliphatic imine (C=N–C) groups is 2. The first kappa shape index (κ1) is 28.3. The van der Waals surface area contributed by atoms with E-state index in [1.165, 1.54) is 12.1 Å². The van der Waals surface area contributed by atoms with Gasteiger partial charge in [0.1, 0.15) is 11.8 Å². The Morgan fingerprint density at radius 1 is 1.08 bits per heavy atom. The normalized spacial score (nSPS) is 10.9. The predicted octanol–water partition coefficient (Wildman–Crippen LogP) is 0.389. The first-order chi connectivity index (χ1) is 17.7. The van der Waals surface area contributed by atoms with Crippen LogP contribution in [0.25, 0.3) is 0 Å². The number of hydrogen-bond donors (Lipinski definition) is 6. The number of carbonyl (C=O) groups excluding carboxylic acids is 3. The second-order valence-electron chi connectivity index (χ2n) is 7.65. The Morgan fingerprint density at radius 3 is 2.46 bits per heavy atom. The number of anilines is 1. The summed E-state index contributed by atoms with van der Waals surface area (Å²) in [5, 5.41) is 16.4. The summed E-state index contributed by atoms with van der Waals surface area (Å²) in [4.78, 5) is 56.2. The molecule has 0 aliphatic heterocycles. The zero-order valence-electron chi connectivity index (χ0n) is 20.0. The topological polar surface area (TPSA) is 211 Å². The van der Waals surface area contributed by atoms with Crippen LogP contribution in [0, 0.1) is 0 Å². The molecular weight excluding hydrogens is 482 g/mol. The number of amides is 3. The second kappa shape index (κ2) is 14.5. The number of guanidine groups is 1. The number of carboxylic acid groups (broad SMARTS) is 1. The third-order valence-electron chi connectivity index (χ3n) is 4.66. The number of nitrogens with zero attached hydrogens (tertiary/aromatic N) is 2. The highest BCUT2D eigenvalue weighted by Crippen LogP contribution is 2.16. The molecule has 8 N–H and O–H groups in total. The van der Waals surface area contributed by atoms with Gasteiger partial charge in [0.25, 0.3) is 5.91 Å². The molecule has 1 atom stereocenters. The Kier molecular flexibility index (Phi) is 11.1. The van der Waals surface area contributed by atoms with E-state index in [4.69, 9.17) is 21.3 Å². The molecule has 0 aromatic heterocycles. The largest absolute Gasteiger partial charge is 0.494 e. The van der Waals surface area contributed by atoms with Crippen LogP contribution in [0.1, 0.15) is 23.2 Å². The zero-order chi connectivity index (χ0) is 27.2. The fourth-order valence-electron chi connectivity index (χ4n) is 2.99. The predicted molar refractivity (Wildman–Crippen MR) is 138 cm³/mol. The van der Waals surface area contributed by atoms with Gasteiger partial charge in [-0.05, 0) is 49.2 Å². The van der Waals surface area contributed by atoms with Crippen LogP contribution in [-0.4, -0.2) is 67.2 Å². The van der Waals surface area contributed by atoms with Gasteiger partial charge in [0.2, 0.25) is 11.8 Å². The molecule has 13 heteroatoms. The number of aliphatic carboxylic acids is 1. The third kappa shape index (κ3) is 10.5. The number of nitrogens with two attached hydrogens (primary N) is 2. The number of ether oxygens (including phenoxy) is 1. The minimum Gasteiger partial charge on any atom is -0.494 e. The van der Waals surface area contributed by atoms with E-state index in [0.29, 0.717) is 36.7 Å². The fraction of sp³-hybridized carbons (Fsp3) is 0.250. The maximum atomic E-state index is 12.6. The van der Waals surface area contributed by atoms with Crippen molar-refractivity contribution < 1.29 is 29.0 Å². The zero-order valence-corrected chi connectivity index (χ0v) is 20.0. The van der Waals surface area contributed by atoms with E-state index in [1.54, 1.807) is 36.4 Å². The van der Waals surface area contributed by atoms with Crippen molar-refractivity contribution in [3.8, 4) is 5.75 Å². The molecule has 0 saturated carbocycles. The van der Waals surface area contributed by atoms with Crippen LogP contribution in [0.2, 0.25) is 0 Å². The van der Waals surface area contributed by atoms with Crippen LogP contribution >= 0.6 is 0 Å². The fourth-order valence-corrected chi connectivity index (χ4v) is 2.99. The van der Waals surface area contributed by atoms with Crippen molar-refractivity contribution in [2.75, 3.05) is 25.0 Å². The van der Waals surface area contributed by atoms with E-state index < -0.39 is 42.7 Å². The van der Waals surface area contributed by atoms with Crippen LogP contribution in [0.15, 0.2) is 58.5 Å². The smallest absolute Gasteiger partial charge is 0.305 e. The van der Waals surface area contributed by atoms with Gasteiger partial charge in [0.05, 0.1) is 25.3 Å². The van der Waals surface area contributed by atoms with Crippen LogP contribution in [0.3, 0.4) is 0 Å². The first-order valence-electron chi connectivity index (χ1n) is 11.1. The summed E-state index contributed by atoms with van der Waals surface area (Å²) in [6.07, 6.45) is 0.0496. The molecule has 13 nitrogen and oxygen atoms in total. The number of hydrogen-bond acceptors (Lipinski definition) is 7. The molecule has 3 amide bonds. The molecule has 0 saturated heterocycles. The average molecular weight is 512 g/mol. The minimum absolute atomic E-state index is 0.180. The minimum atomic E-state index is -1.38. The summed E-state index contributed by atoms with van der Waals surface area (Å²) >= 11 is 0. The Bertz CT molecular complexity index is 1150. The van der Waals surface area contributed by atoms with Gasteiger partial charge < -0.3 is 42.3 Å². The van der Waals surface area contributed by atoms with Crippen molar-refractivity contribution in [2.45, 2.75) is 18.9 Å². The maximum Gasteiger partial charge on any atom is 0.305 e. The number of benzene rings is 2. The van der Waals surface area contributed by atoms with Gasteiger partial charge >= 0.3 is 5.97 Å². The molecule has 1 unspecified atom stereocenters. The summed E-state index contributed by atoms with van der Waals surface area (Å²) in [6, 6.07) is 11.1. The Morgan fingerprint density at radius 2 is 1.81 bits per heavy atom. The molecule has 196 valence electrons. The van der Waals surface area contributed by atoms with E-state index in [9.17, 15) is 19.2 Å². The van der Waals surface area contributed by atoms with Crippen molar-refractivity contribution in [3.05, 3.63) is 54.1 Å². The molecule has 0 radical (unpaired) electrons. The van der Waals surface area contributed by atoms with Gasteiger partial charge in [-0.15, -0.1) is 0 Å².